The van der Waals surface area contributed by atoms with Crippen molar-refractivity contribution in [2.45, 2.75) is 90.3 Å². The molecule has 0 aromatic carbocycles. The number of hydrogen-bond acceptors (Lipinski definition) is 5. The molecule has 0 saturated heterocycles. The molecule has 1 aromatic rings. The minimum absolute atomic E-state index is 0.0712. The van der Waals surface area contributed by atoms with Crippen LogP contribution in [0.15, 0.2) is 52.5 Å². The standard InChI is InChI=1S/C28H39NO4/c1-18(6-4-8-26(31)25-16-33-17-29-25)23-11-12-24-20(7-5-13-28(23,24)3)9-10-21-14-22(30)15-27(32)19(21)2/h9-10,16-18,22-24,27,30,32H,2,4-8,11-15H2,1,3H3/b20-9+,21-10-/t18-,22+,23+,24-,27-,28+/m0/s1. The summed E-state index contributed by atoms with van der Waals surface area (Å²) < 4.78 is 4.93. The summed E-state index contributed by atoms with van der Waals surface area (Å²) in [5.41, 5.74) is 4.01. The number of ketones is 1. The summed E-state index contributed by atoms with van der Waals surface area (Å²) >= 11 is 0. The van der Waals surface area contributed by atoms with E-state index in [0.29, 0.717) is 48.1 Å². The molecule has 0 amide bonds. The third-order valence-electron chi connectivity index (χ3n) is 8.77. The maximum absolute atomic E-state index is 12.2. The van der Waals surface area contributed by atoms with Gasteiger partial charge in [0.1, 0.15) is 12.0 Å². The number of aliphatic hydroxyl groups is 2. The van der Waals surface area contributed by atoms with Crippen molar-refractivity contribution in [1.29, 1.82) is 0 Å². The van der Waals surface area contributed by atoms with E-state index >= 15 is 0 Å². The SMILES string of the molecule is C=C1/C(=C\C=C2/CCC[C@]3(C)[C@@H]([C@@H](C)CCCC(=O)c4cocn4)CC[C@@H]23)C[C@@H](O)C[C@@H]1O. The van der Waals surface area contributed by atoms with Gasteiger partial charge in [0.2, 0.25) is 0 Å². The molecule has 1 aromatic heterocycles. The predicted octanol–water partition coefficient (Wildman–Crippen LogP) is 5.80. The van der Waals surface area contributed by atoms with E-state index in [-0.39, 0.29) is 5.78 Å². The molecule has 3 aliphatic rings. The lowest BCUT2D eigenvalue weighted by atomic mass is 9.60. The molecule has 0 unspecified atom stereocenters. The second-order valence-corrected chi connectivity index (χ2v) is 10.8. The minimum Gasteiger partial charge on any atom is -0.451 e. The van der Waals surface area contributed by atoms with E-state index in [9.17, 15) is 15.0 Å². The molecule has 1 heterocycles. The number of rotatable bonds is 7. The molecular weight excluding hydrogens is 414 g/mol. The van der Waals surface area contributed by atoms with Gasteiger partial charge in [0.05, 0.1) is 12.2 Å². The first-order valence-electron chi connectivity index (χ1n) is 12.7. The van der Waals surface area contributed by atoms with Crippen molar-refractivity contribution < 1.29 is 19.4 Å². The zero-order chi connectivity index (χ0) is 23.6. The Balaban J connectivity index is 1.39. The summed E-state index contributed by atoms with van der Waals surface area (Å²) in [4.78, 5) is 16.2. The second kappa shape index (κ2) is 10.1. The summed E-state index contributed by atoms with van der Waals surface area (Å²) in [6, 6.07) is 0. The van der Waals surface area contributed by atoms with Gasteiger partial charge < -0.3 is 14.6 Å². The lowest BCUT2D eigenvalue weighted by Crippen LogP contribution is -2.36. The summed E-state index contributed by atoms with van der Waals surface area (Å²) in [6.07, 6.45) is 15.6. The Labute approximate surface area is 197 Å². The normalized spacial score (nSPS) is 35.7. The topological polar surface area (TPSA) is 83.6 Å². The number of fused-ring (bicyclic) bond motifs is 1. The van der Waals surface area contributed by atoms with Crippen molar-refractivity contribution in [2.75, 3.05) is 0 Å². The zero-order valence-corrected chi connectivity index (χ0v) is 20.1. The summed E-state index contributed by atoms with van der Waals surface area (Å²) in [5.74, 6) is 1.93. The average Bonchev–Trinajstić information content (AvgIpc) is 3.43. The summed E-state index contributed by atoms with van der Waals surface area (Å²) in [7, 11) is 0. The van der Waals surface area contributed by atoms with Crippen LogP contribution in [0.4, 0.5) is 0 Å². The highest BCUT2D eigenvalue weighted by atomic mass is 16.3. The number of allylic oxidation sites excluding steroid dienone is 3. The van der Waals surface area contributed by atoms with Crippen LogP contribution in [0.25, 0.3) is 0 Å². The minimum atomic E-state index is -0.636. The smallest absolute Gasteiger partial charge is 0.184 e. The molecule has 3 aliphatic carbocycles. The first-order valence-corrected chi connectivity index (χ1v) is 12.7. The molecule has 33 heavy (non-hydrogen) atoms. The molecule has 0 radical (unpaired) electrons. The maximum atomic E-state index is 12.2. The van der Waals surface area contributed by atoms with Gasteiger partial charge in [0.25, 0.3) is 0 Å². The average molecular weight is 454 g/mol. The molecule has 180 valence electrons. The van der Waals surface area contributed by atoms with Gasteiger partial charge in [-0.2, -0.15) is 0 Å². The van der Waals surface area contributed by atoms with Gasteiger partial charge in [-0.3, -0.25) is 4.79 Å². The molecule has 4 rings (SSSR count). The van der Waals surface area contributed by atoms with E-state index in [2.05, 4.69) is 37.6 Å². The van der Waals surface area contributed by atoms with Crippen LogP contribution < -0.4 is 0 Å². The maximum Gasteiger partial charge on any atom is 0.184 e. The first kappa shape index (κ1) is 24.2. The molecule has 5 heteroatoms. The Morgan fingerprint density at radius 3 is 2.94 bits per heavy atom. The quantitative estimate of drug-likeness (QED) is 0.509. The van der Waals surface area contributed by atoms with Crippen molar-refractivity contribution in [3.8, 4) is 0 Å². The Morgan fingerprint density at radius 1 is 1.36 bits per heavy atom. The van der Waals surface area contributed by atoms with Crippen molar-refractivity contribution in [2.24, 2.45) is 23.2 Å². The molecule has 3 saturated carbocycles. The van der Waals surface area contributed by atoms with Gasteiger partial charge in [-0.25, -0.2) is 4.98 Å². The predicted molar refractivity (Wildman–Crippen MR) is 129 cm³/mol. The van der Waals surface area contributed by atoms with Gasteiger partial charge in [-0.05, 0) is 85.7 Å². The molecule has 2 N–H and O–H groups in total. The van der Waals surface area contributed by atoms with Crippen LogP contribution in [0.5, 0.6) is 0 Å². The number of aromatic nitrogens is 1. The first-order chi connectivity index (χ1) is 15.8. The number of Topliss-reactive ketones (excluding diaryl/α,β-unsaturated/α-hetero) is 1. The Morgan fingerprint density at radius 2 is 2.18 bits per heavy atom. The van der Waals surface area contributed by atoms with Crippen LogP contribution in [0.2, 0.25) is 0 Å². The van der Waals surface area contributed by atoms with Crippen LogP contribution in [-0.4, -0.2) is 33.2 Å². The summed E-state index contributed by atoms with van der Waals surface area (Å²) in [5, 5.41) is 20.2. The van der Waals surface area contributed by atoms with Crippen LogP contribution >= 0.6 is 0 Å². The van der Waals surface area contributed by atoms with E-state index < -0.39 is 12.2 Å². The van der Waals surface area contributed by atoms with Crippen molar-refractivity contribution >= 4 is 5.78 Å². The fourth-order valence-electron chi connectivity index (χ4n) is 6.94. The van der Waals surface area contributed by atoms with E-state index in [1.54, 1.807) is 0 Å². The third-order valence-corrected chi connectivity index (χ3v) is 8.77. The lowest BCUT2D eigenvalue weighted by Gasteiger charge is -2.44. The second-order valence-electron chi connectivity index (χ2n) is 10.8. The molecule has 0 bridgehead atoms. The van der Waals surface area contributed by atoms with Crippen LogP contribution in [0.1, 0.15) is 88.5 Å². The Hall–Kier alpha value is -1.98. The highest BCUT2D eigenvalue weighted by Crippen LogP contribution is 2.59. The number of carbonyl (C=O) groups is 1. The van der Waals surface area contributed by atoms with Gasteiger partial charge in [-0.1, -0.05) is 38.2 Å². The Bertz CT molecular complexity index is 914. The van der Waals surface area contributed by atoms with E-state index in [0.717, 1.165) is 30.4 Å². The fraction of sp³-hybridized carbons (Fsp3) is 0.643. The Kier molecular flexibility index (Phi) is 7.40. The fourth-order valence-corrected chi connectivity index (χ4v) is 6.94. The van der Waals surface area contributed by atoms with E-state index in [4.69, 9.17) is 4.42 Å². The number of hydrogen-bond donors (Lipinski definition) is 2. The lowest BCUT2D eigenvalue weighted by molar-refractivity contribution is 0.0859. The van der Waals surface area contributed by atoms with Gasteiger partial charge in [0, 0.05) is 12.8 Å². The van der Waals surface area contributed by atoms with E-state index in [1.165, 1.54) is 43.9 Å². The summed E-state index contributed by atoms with van der Waals surface area (Å²) in [6.45, 7) is 8.91. The van der Waals surface area contributed by atoms with Crippen molar-refractivity contribution in [3.63, 3.8) is 0 Å². The third kappa shape index (κ3) is 5.09. The monoisotopic (exact) mass is 453 g/mol. The van der Waals surface area contributed by atoms with Crippen molar-refractivity contribution in [3.05, 3.63) is 53.8 Å². The van der Waals surface area contributed by atoms with Gasteiger partial charge in [-0.15, -0.1) is 0 Å². The number of carbonyl (C=O) groups excluding carboxylic acids is 1. The molecular formula is C28H39NO4. The van der Waals surface area contributed by atoms with Crippen LogP contribution in [0.3, 0.4) is 0 Å². The molecule has 0 spiro atoms. The van der Waals surface area contributed by atoms with E-state index in [1.807, 2.05) is 0 Å². The van der Waals surface area contributed by atoms with Crippen LogP contribution in [0, 0.1) is 23.2 Å². The van der Waals surface area contributed by atoms with Crippen molar-refractivity contribution in [1.82, 2.24) is 4.98 Å². The number of oxazole rings is 1. The molecule has 0 aliphatic heterocycles. The van der Waals surface area contributed by atoms with Gasteiger partial charge >= 0.3 is 0 Å². The number of aliphatic hydroxyl groups excluding tert-OH is 2. The zero-order valence-electron chi connectivity index (χ0n) is 20.1. The highest BCUT2D eigenvalue weighted by molar-refractivity contribution is 5.93. The highest BCUT2D eigenvalue weighted by Gasteiger charge is 2.50. The van der Waals surface area contributed by atoms with Crippen LogP contribution in [-0.2, 0) is 0 Å². The van der Waals surface area contributed by atoms with Gasteiger partial charge in [0.15, 0.2) is 12.2 Å². The molecule has 5 nitrogen and oxygen atoms in total. The molecule has 6 atom stereocenters. The molecule has 3 fully saturated rings. The largest absolute Gasteiger partial charge is 0.451 e. The number of nitrogens with zero attached hydrogens (tertiary/aromatic N) is 1.